The standard InChI is InChI=1S/C22H14ClN3O3/c1-25-20-17(21(28)26(2)22(25)29)15(11-6-5-7-12(23)10-11)16-18(24-20)13-8-3-4-9-14(13)19(16)27/h3-10H,1-2H3. The minimum Gasteiger partial charge on any atom is -0.288 e. The fraction of sp³-hybridized carbons (Fsp3) is 0.0909. The highest BCUT2D eigenvalue weighted by molar-refractivity contribution is 6.31. The summed E-state index contributed by atoms with van der Waals surface area (Å²) >= 11 is 6.21. The lowest BCUT2D eigenvalue weighted by molar-refractivity contribution is 0.104. The molecule has 0 bridgehead atoms. The van der Waals surface area contributed by atoms with Crippen LogP contribution >= 0.6 is 11.6 Å². The molecule has 4 aromatic rings. The van der Waals surface area contributed by atoms with Gasteiger partial charge >= 0.3 is 5.69 Å². The number of ketones is 1. The monoisotopic (exact) mass is 403 g/mol. The van der Waals surface area contributed by atoms with Gasteiger partial charge in [0.25, 0.3) is 5.56 Å². The molecule has 1 aliphatic rings. The average Bonchev–Trinajstić information content (AvgIpc) is 3.01. The Morgan fingerprint density at radius 1 is 0.862 bits per heavy atom. The maximum atomic E-state index is 13.3. The Hall–Kier alpha value is -3.51. The van der Waals surface area contributed by atoms with Crippen LogP contribution in [0.25, 0.3) is 33.4 Å². The second-order valence-electron chi connectivity index (χ2n) is 7.00. The van der Waals surface area contributed by atoms with Crippen molar-refractivity contribution in [2.75, 3.05) is 0 Å². The van der Waals surface area contributed by atoms with Crippen LogP contribution < -0.4 is 11.2 Å². The zero-order valence-corrected chi connectivity index (χ0v) is 16.3. The normalized spacial score (nSPS) is 12.3. The molecular weight excluding hydrogens is 390 g/mol. The van der Waals surface area contributed by atoms with Gasteiger partial charge < -0.3 is 0 Å². The molecule has 0 atom stereocenters. The van der Waals surface area contributed by atoms with Crippen LogP contribution in [-0.4, -0.2) is 19.9 Å². The summed E-state index contributed by atoms with van der Waals surface area (Å²) in [6.07, 6.45) is 0. The molecule has 29 heavy (non-hydrogen) atoms. The van der Waals surface area contributed by atoms with E-state index in [1.54, 1.807) is 43.4 Å². The molecule has 6 nitrogen and oxygen atoms in total. The average molecular weight is 404 g/mol. The summed E-state index contributed by atoms with van der Waals surface area (Å²) in [6.45, 7) is 0. The van der Waals surface area contributed by atoms with Crippen molar-refractivity contribution in [1.82, 2.24) is 14.1 Å². The van der Waals surface area contributed by atoms with Crippen LogP contribution in [-0.2, 0) is 14.1 Å². The van der Waals surface area contributed by atoms with Crippen molar-refractivity contribution in [2.24, 2.45) is 14.1 Å². The minimum absolute atomic E-state index is 0.198. The van der Waals surface area contributed by atoms with Crippen molar-refractivity contribution in [3.63, 3.8) is 0 Å². The van der Waals surface area contributed by atoms with E-state index in [0.717, 1.165) is 4.57 Å². The van der Waals surface area contributed by atoms with Gasteiger partial charge in [-0.1, -0.05) is 48.0 Å². The first-order chi connectivity index (χ1) is 13.9. The van der Waals surface area contributed by atoms with Crippen LogP contribution in [0.5, 0.6) is 0 Å². The number of aryl methyl sites for hydroxylation is 1. The van der Waals surface area contributed by atoms with E-state index in [0.29, 0.717) is 38.5 Å². The number of halogens is 1. The molecule has 2 aromatic heterocycles. The lowest BCUT2D eigenvalue weighted by Gasteiger charge is -2.15. The van der Waals surface area contributed by atoms with Gasteiger partial charge in [-0.2, -0.15) is 0 Å². The zero-order chi connectivity index (χ0) is 20.4. The predicted molar refractivity (Wildman–Crippen MR) is 112 cm³/mol. The zero-order valence-electron chi connectivity index (χ0n) is 15.6. The van der Waals surface area contributed by atoms with Crippen LogP contribution in [0.4, 0.5) is 0 Å². The molecule has 142 valence electrons. The summed E-state index contributed by atoms with van der Waals surface area (Å²) in [6, 6.07) is 14.2. The third-order valence-electron chi connectivity index (χ3n) is 5.36. The fourth-order valence-corrected chi connectivity index (χ4v) is 4.15. The minimum atomic E-state index is -0.503. The summed E-state index contributed by atoms with van der Waals surface area (Å²) in [5.41, 5.74) is 2.36. The number of hydrogen-bond donors (Lipinski definition) is 0. The van der Waals surface area contributed by atoms with E-state index in [9.17, 15) is 14.4 Å². The second kappa shape index (κ2) is 5.99. The molecule has 0 amide bonds. The van der Waals surface area contributed by atoms with Crippen molar-refractivity contribution < 1.29 is 4.79 Å². The van der Waals surface area contributed by atoms with Gasteiger partial charge in [-0.3, -0.25) is 18.7 Å². The highest BCUT2D eigenvalue weighted by Gasteiger charge is 2.34. The summed E-state index contributed by atoms with van der Waals surface area (Å²) in [4.78, 5) is 43.6. The van der Waals surface area contributed by atoms with Crippen molar-refractivity contribution in [2.45, 2.75) is 0 Å². The number of carbonyl (C=O) groups excluding carboxylic acids is 1. The Kier molecular flexibility index (Phi) is 3.63. The predicted octanol–water partition coefficient (Wildman–Crippen LogP) is 3.16. The molecule has 2 aromatic carbocycles. The Morgan fingerprint density at radius 2 is 1.59 bits per heavy atom. The van der Waals surface area contributed by atoms with E-state index >= 15 is 0 Å². The van der Waals surface area contributed by atoms with Crippen molar-refractivity contribution in [3.05, 3.63) is 85.5 Å². The Balaban J connectivity index is 2.09. The highest BCUT2D eigenvalue weighted by atomic mass is 35.5. The maximum Gasteiger partial charge on any atom is 0.332 e. The van der Waals surface area contributed by atoms with Gasteiger partial charge in [0.15, 0.2) is 11.4 Å². The Labute approximate surface area is 169 Å². The maximum absolute atomic E-state index is 13.3. The lowest BCUT2D eigenvalue weighted by Crippen LogP contribution is -2.37. The molecule has 5 rings (SSSR count). The summed E-state index contributed by atoms with van der Waals surface area (Å²) in [5, 5.41) is 0.697. The van der Waals surface area contributed by atoms with Crippen LogP contribution in [0.15, 0.2) is 58.1 Å². The molecule has 1 aliphatic carbocycles. The molecule has 0 saturated heterocycles. The van der Waals surface area contributed by atoms with Gasteiger partial charge in [0.2, 0.25) is 0 Å². The van der Waals surface area contributed by atoms with Gasteiger partial charge in [-0.25, -0.2) is 9.78 Å². The van der Waals surface area contributed by atoms with E-state index in [2.05, 4.69) is 4.98 Å². The van der Waals surface area contributed by atoms with Gasteiger partial charge in [0.05, 0.1) is 16.6 Å². The molecule has 0 N–H and O–H groups in total. The largest absolute Gasteiger partial charge is 0.332 e. The first-order valence-corrected chi connectivity index (χ1v) is 9.31. The number of hydrogen-bond acceptors (Lipinski definition) is 4. The quantitative estimate of drug-likeness (QED) is 0.431. The van der Waals surface area contributed by atoms with Crippen molar-refractivity contribution in [1.29, 1.82) is 0 Å². The van der Waals surface area contributed by atoms with Crippen molar-refractivity contribution >= 4 is 28.4 Å². The third-order valence-corrected chi connectivity index (χ3v) is 5.59. The molecule has 7 heteroatoms. The summed E-state index contributed by atoms with van der Waals surface area (Å²) in [5.74, 6) is -0.198. The number of pyridine rings is 1. The van der Waals surface area contributed by atoms with E-state index in [4.69, 9.17) is 11.6 Å². The summed E-state index contributed by atoms with van der Waals surface area (Å²) in [7, 11) is 2.98. The highest BCUT2D eigenvalue weighted by Crippen LogP contribution is 2.43. The second-order valence-corrected chi connectivity index (χ2v) is 7.44. The fourth-order valence-electron chi connectivity index (χ4n) is 3.96. The number of aromatic nitrogens is 3. The summed E-state index contributed by atoms with van der Waals surface area (Å²) < 4.78 is 2.35. The van der Waals surface area contributed by atoms with E-state index < -0.39 is 11.2 Å². The van der Waals surface area contributed by atoms with Gasteiger partial charge in [0, 0.05) is 35.8 Å². The molecule has 0 fully saturated rings. The first kappa shape index (κ1) is 17.6. The molecule has 0 spiro atoms. The molecule has 0 radical (unpaired) electrons. The molecule has 0 saturated carbocycles. The van der Waals surface area contributed by atoms with Gasteiger partial charge in [0.1, 0.15) is 0 Å². The van der Waals surface area contributed by atoms with E-state index in [1.165, 1.54) is 11.6 Å². The molecule has 2 heterocycles. The van der Waals surface area contributed by atoms with E-state index in [-0.39, 0.29) is 16.8 Å². The topological polar surface area (TPSA) is 74.0 Å². The van der Waals surface area contributed by atoms with Gasteiger partial charge in [-0.05, 0) is 17.7 Å². The Bertz CT molecular complexity index is 1500. The Morgan fingerprint density at radius 3 is 2.31 bits per heavy atom. The SMILES string of the molecule is Cn1c(=O)c2c(-c3cccc(Cl)c3)c3c(nc2n(C)c1=O)-c1ccccc1C3=O. The van der Waals surface area contributed by atoms with Crippen LogP contribution in [0.1, 0.15) is 15.9 Å². The first-order valence-electron chi connectivity index (χ1n) is 8.94. The number of rotatable bonds is 1. The number of nitrogens with zero attached hydrogens (tertiary/aromatic N) is 3. The third kappa shape index (κ3) is 2.29. The van der Waals surface area contributed by atoms with Crippen LogP contribution in [0.2, 0.25) is 5.02 Å². The smallest absolute Gasteiger partial charge is 0.288 e. The van der Waals surface area contributed by atoms with E-state index in [1.807, 2.05) is 12.1 Å². The molecule has 0 aliphatic heterocycles. The van der Waals surface area contributed by atoms with Crippen LogP contribution in [0, 0.1) is 0 Å². The number of fused-ring (bicyclic) bond motifs is 4. The number of carbonyl (C=O) groups is 1. The molecule has 0 unspecified atom stereocenters. The van der Waals surface area contributed by atoms with Gasteiger partial charge in [-0.15, -0.1) is 0 Å². The lowest BCUT2D eigenvalue weighted by atomic mass is 9.95. The van der Waals surface area contributed by atoms with Crippen LogP contribution in [0.3, 0.4) is 0 Å². The van der Waals surface area contributed by atoms with Crippen molar-refractivity contribution in [3.8, 4) is 22.4 Å². The molecular formula is C22H14ClN3O3. The number of benzene rings is 2.